The summed E-state index contributed by atoms with van der Waals surface area (Å²) in [5, 5.41) is 3.28. The molecule has 3 rings (SSSR count). The van der Waals surface area contributed by atoms with E-state index < -0.39 is 11.5 Å². The number of benzene rings is 2. The minimum Gasteiger partial charge on any atom is -0.459 e. The van der Waals surface area contributed by atoms with Crippen molar-refractivity contribution < 1.29 is 9.53 Å². The monoisotopic (exact) mass is 425 g/mol. The molecular weight excluding hydrogens is 402 g/mol. The third-order valence-electron chi connectivity index (χ3n) is 4.66. The average molecular weight is 426 g/mol. The lowest BCUT2D eigenvalue weighted by molar-refractivity contribution is -0.145. The summed E-state index contributed by atoms with van der Waals surface area (Å²) in [5.41, 5.74) is 2.02. The molecule has 0 aliphatic carbocycles. The predicted molar refractivity (Wildman–Crippen MR) is 118 cm³/mol. The maximum absolute atomic E-state index is 12.9. The summed E-state index contributed by atoms with van der Waals surface area (Å²) >= 11 is 6.23. The van der Waals surface area contributed by atoms with Crippen LogP contribution < -0.4 is 10.9 Å². The van der Waals surface area contributed by atoms with Crippen molar-refractivity contribution in [3.8, 4) is 0 Å². The van der Waals surface area contributed by atoms with Crippen LogP contribution in [0.3, 0.4) is 0 Å². The minimum atomic E-state index is -0.519. The van der Waals surface area contributed by atoms with Crippen LogP contribution in [0.2, 0.25) is 5.15 Å². The molecule has 0 spiro atoms. The molecule has 6 nitrogen and oxygen atoms in total. The number of carbonyl (C=O) groups is 1. The van der Waals surface area contributed by atoms with E-state index in [1.165, 1.54) is 4.57 Å². The van der Waals surface area contributed by atoms with E-state index in [-0.39, 0.29) is 30.2 Å². The lowest BCUT2D eigenvalue weighted by Crippen LogP contribution is -2.33. The number of nitrogens with zero attached hydrogens (tertiary/aromatic N) is 2. The highest BCUT2D eigenvalue weighted by Crippen LogP contribution is 2.14. The van der Waals surface area contributed by atoms with E-state index in [2.05, 4.69) is 10.3 Å². The van der Waals surface area contributed by atoms with E-state index in [9.17, 15) is 9.59 Å². The summed E-state index contributed by atoms with van der Waals surface area (Å²) in [6.45, 7) is 3.52. The fourth-order valence-electron chi connectivity index (χ4n) is 3.07. The minimum absolute atomic E-state index is 0.0511. The Hall–Kier alpha value is -3.12. The van der Waals surface area contributed by atoms with E-state index in [4.69, 9.17) is 16.3 Å². The van der Waals surface area contributed by atoms with Crippen molar-refractivity contribution in [3.63, 3.8) is 0 Å². The maximum Gasteiger partial charge on any atom is 0.326 e. The summed E-state index contributed by atoms with van der Waals surface area (Å²) < 4.78 is 6.59. The van der Waals surface area contributed by atoms with Gasteiger partial charge in [0.2, 0.25) is 0 Å². The molecule has 3 aromatic rings. The molecule has 0 bridgehead atoms. The van der Waals surface area contributed by atoms with Crippen molar-refractivity contribution in [2.75, 3.05) is 5.32 Å². The molecule has 0 aliphatic heterocycles. The number of carbonyl (C=O) groups excluding carboxylic acids is 1. The van der Waals surface area contributed by atoms with E-state index in [0.717, 1.165) is 11.1 Å². The summed E-state index contributed by atoms with van der Waals surface area (Å²) in [7, 11) is 0. The number of hydrogen-bond acceptors (Lipinski definition) is 5. The molecule has 1 aromatic heterocycles. The van der Waals surface area contributed by atoms with Crippen LogP contribution in [0.1, 0.15) is 23.7 Å². The van der Waals surface area contributed by atoms with E-state index in [1.807, 2.05) is 67.6 Å². The molecule has 0 saturated carbocycles. The van der Waals surface area contributed by atoms with Gasteiger partial charge in [-0.25, -0.2) is 4.98 Å². The van der Waals surface area contributed by atoms with Crippen LogP contribution in [-0.4, -0.2) is 21.6 Å². The molecule has 0 unspecified atom stereocenters. The summed E-state index contributed by atoms with van der Waals surface area (Å²) in [4.78, 5) is 29.4. The van der Waals surface area contributed by atoms with Gasteiger partial charge in [-0.3, -0.25) is 14.2 Å². The van der Waals surface area contributed by atoms with Crippen molar-refractivity contribution in [1.82, 2.24) is 9.55 Å². The summed E-state index contributed by atoms with van der Waals surface area (Å²) in [5.74, 6) is -0.403. The van der Waals surface area contributed by atoms with Gasteiger partial charge < -0.3 is 10.1 Å². The number of aromatic nitrogens is 2. The van der Waals surface area contributed by atoms with E-state index >= 15 is 0 Å². The molecule has 0 amide bonds. The molecule has 2 aromatic carbocycles. The van der Waals surface area contributed by atoms with Gasteiger partial charge in [0.05, 0.1) is 5.69 Å². The number of halogens is 1. The standard InChI is InChI=1S/C23H24ClN3O3/c1-16(13-18-9-5-3-6-10-18)25-22-23(29)27(17(2)21(24)26-22)14-20(28)30-15-19-11-7-4-8-12-19/h3-12,16H,13-15H2,1-2H3,(H,25,26)/t16-/m1/s1. The van der Waals surface area contributed by atoms with Gasteiger partial charge in [-0.15, -0.1) is 0 Å². The van der Waals surface area contributed by atoms with Gasteiger partial charge >= 0.3 is 5.97 Å². The fraction of sp³-hybridized carbons (Fsp3) is 0.261. The zero-order valence-electron chi connectivity index (χ0n) is 17.0. The Bertz CT molecular complexity index is 1050. The first-order chi connectivity index (χ1) is 14.4. The SMILES string of the molecule is Cc1c(Cl)nc(N[C@H](C)Cc2ccccc2)c(=O)n1CC(=O)OCc1ccccc1. The number of anilines is 1. The Morgan fingerprint density at radius 2 is 1.70 bits per heavy atom. The number of rotatable bonds is 8. The lowest BCUT2D eigenvalue weighted by atomic mass is 10.1. The molecule has 156 valence electrons. The predicted octanol–water partition coefficient (Wildman–Crippen LogP) is 3.99. The molecule has 1 N–H and O–H groups in total. The Labute approximate surface area is 180 Å². The number of hydrogen-bond donors (Lipinski definition) is 1. The van der Waals surface area contributed by atoms with E-state index in [1.54, 1.807) is 6.92 Å². The largest absolute Gasteiger partial charge is 0.459 e. The maximum atomic E-state index is 12.9. The summed E-state index contributed by atoms with van der Waals surface area (Å²) in [6.07, 6.45) is 0.715. The second-order valence-corrected chi connectivity index (χ2v) is 7.47. The molecule has 1 heterocycles. The Morgan fingerprint density at radius 3 is 2.33 bits per heavy atom. The highest BCUT2D eigenvalue weighted by atomic mass is 35.5. The van der Waals surface area contributed by atoms with Gasteiger partial charge in [-0.2, -0.15) is 0 Å². The van der Waals surface area contributed by atoms with Crippen molar-refractivity contribution in [1.29, 1.82) is 0 Å². The van der Waals surface area contributed by atoms with Gasteiger partial charge in [0, 0.05) is 6.04 Å². The zero-order valence-corrected chi connectivity index (χ0v) is 17.7. The number of esters is 1. The second kappa shape index (κ2) is 10.1. The van der Waals surface area contributed by atoms with Crippen LogP contribution in [-0.2, 0) is 29.1 Å². The van der Waals surface area contributed by atoms with Crippen LogP contribution in [0.15, 0.2) is 65.5 Å². The number of ether oxygens (including phenoxy) is 1. The first kappa shape index (κ1) is 21.6. The van der Waals surface area contributed by atoms with Gasteiger partial charge in [0.1, 0.15) is 13.2 Å². The van der Waals surface area contributed by atoms with Crippen LogP contribution in [0.4, 0.5) is 5.82 Å². The lowest BCUT2D eigenvalue weighted by Gasteiger charge is -2.17. The molecular formula is C23H24ClN3O3. The fourth-order valence-corrected chi connectivity index (χ4v) is 3.25. The molecule has 0 saturated heterocycles. The third kappa shape index (κ3) is 5.70. The van der Waals surface area contributed by atoms with Gasteiger partial charge in [0.25, 0.3) is 5.56 Å². The summed E-state index contributed by atoms with van der Waals surface area (Å²) in [6, 6.07) is 19.2. The molecule has 0 radical (unpaired) electrons. The Balaban J connectivity index is 1.71. The van der Waals surface area contributed by atoms with Crippen LogP contribution in [0, 0.1) is 6.92 Å². The molecule has 0 fully saturated rings. The van der Waals surface area contributed by atoms with Crippen LogP contribution in [0.5, 0.6) is 0 Å². The molecule has 30 heavy (non-hydrogen) atoms. The molecule has 1 atom stereocenters. The van der Waals surface area contributed by atoms with Crippen molar-refractivity contribution in [3.05, 3.63) is 93.0 Å². The quantitative estimate of drug-likeness (QED) is 0.552. The average Bonchev–Trinajstić information content (AvgIpc) is 2.75. The van der Waals surface area contributed by atoms with Gasteiger partial charge in [0.15, 0.2) is 11.0 Å². The highest BCUT2D eigenvalue weighted by Gasteiger charge is 2.17. The molecule has 7 heteroatoms. The van der Waals surface area contributed by atoms with Crippen LogP contribution >= 0.6 is 11.6 Å². The Kier molecular flexibility index (Phi) is 7.25. The van der Waals surface area contributed by atoms with Crippen molar-refractivity contribution in [2.24, 2.45) is 0 Å². The van der Waals surface area contributed by atoms with Crippen LogP contribution in [0.25, 0.3) is 0 Å². The third-order valence-corrected chi connectivity index (χ3v) is 5.02. The first-order valence-corrected chi connectivity index (χ1v) is 10.1. The molecule has 0 aliphatic rings. The Morgan fingerprint density at radius 1 is 1.10 bits per heavy atom. The normalized spacial score (nSPS) is 11.7. The van der Waals surface area contributed by atoms with Crippen molar-refractivity contribution >= 4 is 23.4 Å². The van der Waals surface area contributed by atoms with E-state index in [0.29, 0.717) is 12.1 Å². The van der Waals surface area contributed by atoms with Crippen molar-refractivity contribution in [2.45, 2.75) is 39.5 Å². The first-order valence-electron chi connectivity index (χ1n) is 9.71. The topological polar surface area (TPSA) is 73.2 Å². The number of nitrogens with one attached hydrogen (secondary N) is 1. The van der Waals surface area contributed by atoms with Gasteiger partial charge in [-0.1, -0.05) is 72.3 Å². The smallest absolute Gasteiger partial charge is 0.326 e. The highest BCUT2D eigenvalue weighted by molar-refractivity contribution is 6.30. The zero-order chi connectivity index (χ0) is 21.5. The van der Waals surface area contributed by atoms with Gasteiger partial charge in [-0.05, 0) is 31.4 Å². The second-order valence-electron chi connectivity index (χ2n) is 7.11.